The molecule has 0 aromatic heterocycles. The van der Waals surface area contributed by atoms with Gasteiger partial charge in [0.05, 0.1) is 0 Å². The minimum atomic E-state index is 0.965. The van der Waals surface area contributed by atoms with Crippen molar-refractivity contribution in [1.82, 2.24) is 0 Å². The summed E-state index contributed by atoms with van der Waals surface area (Å²) in [5.41, 5.74) is 0. The lowest BCUT2D eigenvalue weighted by molar-refractivity contribution is 0.429. The second-order valence-corrected chi connectivity index (χ2v) is 15.8. The van der Waals surface area contributed by atoms with Crippen molar-refractivity contribution < 1.29 is 0 Å². The summed E-state index contributed by atoms with van der Waals surface area (Å²) in [5.74, 6) is 0.965. The maximum absolute atomic E-state index is 2.51. The zero-order valence-corrected chi connectivity index (χ0v) is 32.6. The first-order valence-electron chi connectivity index (χ1n) is 22.3. The van der Waals surface area contributed by atoms with Crippen LogP contribution >= 0.6 is 0 Å². The molecular weight excluding hydrogens is 540 g/mol. The number of hydrogen-bond donors (Lipinski definition) is 0. The Morgan fingerprint density at radius 1 is 0.200 bits per heavy atom. The molecule has 0 nitrogen and oxygen atoms in total. The monoisotopic (exact) mass is 633 g/mol. The zero-order valence-electron chi connectivity index (χ0n) is 32.6. The molecule has 0 amide bonds. The Hall–Kier alpha value is 0. The molecule has 0 aliphatic heterocycles. The summed E-state index contributed by atoms with van der Waals surface area (Å²) in [6.45, 7) is 7.14. The summed E-state index contributed by atoms with van der Waals surface area (Å²) in [7, 11) is 0. The van der Waals surface area contributed by atoms with Crippen LogP contribution in [0, 0.1) is 5.92 Å². The molecule has 0 bridgehead atoms. The third-order valence-electron chi connectivity index (χ3n) is 10.9. The van der Waals surface area contributed by atoms with E-state index in [4.69, 9.17) is 0 Å². The molecule has 45 heavy (non-hydrogen) atoms. The molecule has 0 saturated carbocycles. The fourth-order valence-electron chi connectivity index (χ4n) is 7.46. The van der Waals surface area contributed by atoms with E-state index in [9.17, 15) is 0 Å². The molecule has 0 saturated heterocycles. The van der Waals surface area contributed by atoms with Crippen LogP contribution in [0.5, 0.6) is 0 Å². The Kier molecular flexibility index (Phi) is 42.0. The number of rotatable bonds is 41. The van der Waals surface area contributed by atoms with Crippen LogP contribution in [0.25, 0.3) is 0 Å². The average Bonchev–Trinajstić information content (AvgIpc) is 3.05. The Bertz CT molecular complexity index is 480. The summed E-state index contributed by atoms with van der Waals surface area (Å²) in [4.78, 5) is 0. The predicted molar refractivity (Wildman–Crippen MR) is 210 cm³/mol. The van der Waals surface area contributed by atoms with Gasteiger partial charge in [0.1, 0.15) is 0 Å². The normalized spacial score (nSPS) is 12.3. The van der Waals surface area contributed by atoms with Gasteiger partial charge in [-0.3, -0.25) is 0 Å². The molecule has 0 N–H and O–H groups in total. The maximum atomic E-state index is 2.51. The van der Waals surface area contributed by atoms with E-state index >= 15 is 0 Å². The molecular formula is C45H92. The van der Waals surface area contributed by atoms with Crippen LogP contribution in [0.3, 0.4) is 0 Å². The highest BCUT2D eigenvalue weighted by Crippen LogP contribution is 2.20. The van der Waals surface area contributed by atoms with E-state index in [2.05, 4.69) is 20.8 Å². The van der Waals surface area contributed by atoms with Gasteiger partial charge in [-0.05, 0) is 5.92 Å². The lowest BCUT2D eigenvalue weighted by atomic mass is 9.95. The largest absolute Gasteiger partial charge is 0.0654 e. The summed E-state index contributed by atoms with van der Waals surface area (Å²) < 4.78 is 0. The molecule has 0 spiro atoms. The van der Waals surface area contributed by atoms with Crippen molar-refractivity contribution in [3.8, 4) is 0 Å². The third kappa shape index (κ3) is 42.0. The van der Waals surface area contributed by atoms with Crippen LogP contribution < -0.4 is 0 Å². The predicted octanol–water partition coefficient (Wildman–Crippen LogP) is 17.7. The van der Waals surface area contributed by atoms with Crippen molar-refractivity contribution in [2.24, 2.45) is 5.92 Å². The molecule has 0 rings (SSSR count). The van der Waals surface area contributed by atoms with E-state index < -0.39 is 0 Å². The van der Waals surface area contributed by atoms with Gasteiger partial charge in [-0.1, -0.05) is 284 Å². The average molecular weight is 633 g/mol. The first-order valence-corrected chi connectivity index (χ1v) is 22.3. The van der Waals surface area contributed by atoms with Gasteiger partial charge in [0.15, 0.2) is 0 Å². The van der Waals surface area contributed by atoms with E-state index in [-0.39, 0.29) is 0 Å². The second kappa shape index (κ2) is 42.0. The fourth-order valence-corrected chi connectivity index (χ4v) is 7.46. The smallest absolute Gasteiger partial charge is 0.0443 e. The molecule has 0 heterocycles. The van der Waals surface area contributed by atoms with Crippen LogP contribution in [-0.2, 0) is 0 Å². The number of hydrogen-bond acceptors (Lipinski definition) is 0. The molecule has 1 unspecified atom stereocenters. The highest BCUT2D eigenvalue weighted by Gasteiger charge is 2.03. The summed E-state index contributed by atoms with van der Waals surface area (Å²) in [6.07, 6.45) is 60.7. The highest BCUT2D eigenvalue weighted by atomic mass is 14.1. The van der Waals surface area contributed by atoms with Crippen LogP contribution in [0.4, 0.5) is 0 Å². The minimum absolute atomic E-state index is 0.965. The summed E-state index contributed by atoms with van der Waals surface area (Å²) in [6, 6.07) is 0. The van der Waals surface area contributed by atoms with E-state index in [0.717, 1.165) is 5.92 Å². The van der Waals surface area contributed by atoms with E-state index in [1.807, 2.05) is 0 Å². The molecule has 272 valence electrons. The third-order valence-corrected chi connectivity index (χ3v) is 10.9. The van der Waals surface area contributed by atoms with Gasteiger partial charge < -0.3 is 0 Å². The minimum Gasteiger partial charge on any atom is -0.0654 e. The first kappa shape index (κ1) is 45.0. The van der Waals surface area contributed by atoms with Crippen molar-refractivity contribution >= 4 is 0 Å². The molecule has 0 radical (unpaired) electrons. The lowest BCUT2D eigenvalue weighted by Crippen LogP contribution is -1.95. The van der Waals surface area contributed by atoms with Gasteiger partial charge in [0.2, 0.25) is 0 Å². The van der Waals surface area contributed by atoms with E-state index in [0.29, 0.717) is 0 Å². The maximum Gasteiger partial charge on any atom is -0.0443 e. The Labute approximate surface area is 289 Å². The highest BCUT2D eigenvalue weighted by molar-refractivity contribution is 4.57. The van der Waals surface area contributed by atoms with Gasteiger partial charge in [0.25, 0.3) is 0 Å². The van der Waals surface area contributed by atoms with Crippen LogP contribution in [0.15, 0.2) is 0 Å². The fraction of sp³-hybridized carbons (Fsp3) is 1.00. The molecule has 0 aliphatic carbocycles. The summed E-state index contributed by atoms with van der Waals surface area (Å²) >= 11 is 0. The van der Waals surface area contributed by atoms with Crippen molar-refractivity contribution in [2.75, 3.05) is 0 Å². The van der Waals surface area contributed by atoms with E-state index in [1.54, 1.807) is 0 Å². The van der Waals surface area contributed by atoms with Crippen LogP contribution in [0.1, 0.15) is 284 Å². The zero-order chi connectivity index (χ0) is 32.6. The van der Waals surface area contributed by atoms with E-state index in [1.165, 1.54) is 263 Å². The molecule has 0 heteroatoms. The Morgan fingerprint density at radius 2 is 0.333 bits per heavy atom. The topological polar surface area (TPSA) is 0 Å². The second-order valence-electron chi connectivity index (χ2n) is 15.8. The first-order chi connectivity index (χ1) is 22.3. The number of unbranched alkanes of at least 4 members (excludes halogenated alkanes) is 37. The van der Waals surface area contributed by atoms with Gasteiger partial charge in [0, 0.05) is 0 Å². The van der Waals surface area contributed by atoms with Crippen molar-refractivity contribution in [3.63, 3.8) is 0 Å². The van der Waals surface area contributed by atoms with Gasteiger partial charge in [-0.15, -0.1) is 0 Å². The molecule has 0 aliphatic rings. The lowest BCUT2D eigenvalue weighted by Gasteiger charge is -2.11. The SMILES string of the molecule is CCCCCCCCCCCCCCCCCCCCCCCCCCCCC(C)CCCCCCCCCCCCCCC. The van der Waals surface area contributed by atoms with Gasteiger partial charge in [-0.25, -0.2) is 0 Å². The molecule has 0 fully saturated rings. The van der Waals surface area contributed by atoms with Gasteiger partial charge >= 0.3 is 0 Å². The summed E-state index contributed by atoms with van der Waals surface area (Å²) in [5, 5.41) is 0. The quantitative estimate of drug-likeness (QED) is 0.0588. The molecule has 1 atom stereocenters. The van der Waals surface area contributed by atoms with Crippen LogP contribution in [-0.4, -0.2) is 0 Å². The van der Waals surface area contributed by atoms with Crippen molar-refractivity contribution in [1.29, 1.82) is 0 Å². The van der Waals surface area contributed by atoms with Crippen LogP contribution in [0.2, 0.25) is 0 Å². The molecule has 0 aromatic rings. The van der Waals surface area contributed by atoms with Crippen molar-refractivity contribution in [3.05, 3.63) is 0 Å². The Balaban J connectivity index is 3.12. The van der Waals surface area contributed by atoms with Gasteiger partial charge in [-0.2, -0.15) is 0 Å². The standard InChI is InChI=1S/C45H92/c1-4-6-8-10-12-14-16-18-19-20-21-22-23-24-25-26-27-28-29-30-32-34-36-38-40-42-44-45(3)43-41-39-37-35-33-31-17-15-13-11-9-7-5-2/h45H,4-44H2,1-3H3. The Morgan fingerprint density at radius 3 is 0.489 bits per heavy atom. The van der Waals surface area contributed by atoms with Crippen molar-refractivity contribution in [2.45, 2.75) is 284 Å². The molecule has 0 aromatic carbocycles.